The van der Waals surface area contributed by atoms with Gasteiger partial charge in [0.25, 0.3) is 0 Å². The van der Waals surface area contributed by atoms with Gasteiger partial charge < -0.3 is 15.2 Å². The van der Waals surface area contributed by atoms with Crippen LogP contribution in [0.25, 0.3) is 10.2 Å². The number of carbonyl (C=O) groups is 1. The van der Waals surface area contributed by atoms with Crippen LogP contribution < -0.4 is 5.32 Å². The van der Waals surface area contributed by atoms with Gasteiger partial charge in [-0.25, -0.2) is 14.8 Å². The molecule has 1 aliphatic rings. The van der Waals surface area contributed by atoms with Gasteiger partial charge in [-0.1, -0.05) is 12.8 Å². The lowest BCUT2D eigenvalue weighted by Crippen LogP contribution is -2.36. The fourth-order valence-electron chi connectivity index (χ4n) is 3.03. The lowest BCUT2D eigenvalue weighted by molar-refractivity contribution is 0.0531. The molecule has 2 heterocycles. The zero-order valence-electron chi connectivity index (χ0n) is 13.3. The molecule has 0 amide bonds. The van der Waals surface area contributed by atoms with Crippen LogP contribution in [0.4, 0.5) is 5.82 Å². The minimum absolute atomic E-state index is 0.00723. The Kier molecular flexibility index (Phi) is 4.77. The van der Waals surface area contributed by atoms with E-state index in [2.05, 4.69) is 15.3 Å². The molecule has 1 aliphatic carbocycles. The first kappa shape index (κ1) is 16.1. The predicted octanol–water partition coefficient (Wildman–Crippen LogP) is 2.89. The van der Waals surface area contributed by atoms with E-state index in [1.807, 2.05) is 6.92 Å². The van der Waals surface area contributed by atoms with Crippen molar-refractivity contribution in [2.45, 2.75) is 51.7 Å². The first-order valence-corrected chi connectivity index (χ1v) is 8.79. The van der Waals surface area contributed by atoms with Gasteiger partial charge in [0.1, 0.15) is 21.9 Å². The summed E-state index contributed by atoms with van der Waals surface area (Å²) >= 11 is 1.32. The maximum absolute atomic E-state index is 12.1. The largest absolute Gasteiger partial charge is 0.462 e. The molecule has 2 N–H and O–H groups in total. The molecule has 2 aromatic rings. The first-order chi connectivity index (χ1) is 11.1. The average molecular weight is 335 g/mol. The number of hydrogen-bond acceptors (Lipinski definition) is 7. The Bertz CT molecular complexity index is 716. The fourth-order valence-corrected chi connectivity index (χ4v) is 4.07. The number of aromatic nitrogens is 2. The molecule has 0 bridgehead atoms. The van der Waals surface area contributed by atoms with Crippen molar-refractivity contribution in [2.24, 2.45) is 0 Å². The van der Waals surface area contributed by atoms with Gasteiger partial charge in [-0.15, -0.1) is 11.3 Å². The first-order valence-electron chi connectivity index (χ1n) is 7.97. The summed E-state index contributed by atoms with van der Waals surface area (Å²) < 4.78 is 5.11. The zero-order chi connectivity index (χ0) is 16.4. The van der Waals surface area contributed by atoms with Crippen molar-refractivity contribution in [3.8, 4) is 0 Å². The van der Waals surface area contributed by atoms with Crippen molar-refractivity contribution in [3.05, 3.63) is 16.8 Å². The van der Waals surface area contributed by atoms with Crippen LogP contribution in [-0.2, 0) is 4.74 Å². The second-order valence-corrected chi connectivity index (χ2v) is 6.78. The molecule has 2 aromatic heterocycles. The molecule has 0 radical (unpaired) electrons. The van der Waals surface area contributed by atoms with Crippen LogP contribution in [0.15, 0.2) is 6.33 Å². The van der Waals surface area contributed by atoms with Gasteiger partial charge in [0.2, 0.25) is 0 Å². The molecule has 1 fully saturated rings. The summed E-state index contributed by atoms with van der Waals surface area (Å²) in [4.78, 5) is 22.0. The van der Waals surface area contributed by atoms with Gasteiger partial charge in [0.15, 0.2) is 0 Å². The van der Waals surface area contributed by atoms with Gasteiger partial charge in [0, 0.05) is 0 Å². The zero-order valence-corrected chi connectivity index (χ0v) is 14.2. The topological polar surface area (TPSA) is 84.3 Å². The number of ether oxygens (including phenoxy) is 1. The normalized spacial score (nSPS) is 21.3. The molecule has 1 saturated carbocycles. The molecule has 7 heteroatoms. The summed E-state index contributed by atoms with van der Waals surface area (Å²) in [7, 11) is 0. The standard InChI is InChI=1S/C16H21N3O3S/c1-3-22-16(21)13-9(2)12-14(17-8-18-15(12)23-13)19-10-6-4-5-7-11(10)20/h8,10-11,20H,3-7H2,1-2H3,(H,17,18,19)/t10-,11-/m0/s1. The van der Waals surface area contributed by atoms with Gasteiger partial charge in [-0.05, 0) is 32.3 Å². The number of rotatable bonds is 4. The molecular formula is C16H21N3O3S. The number of fused-ring (bicyclic) bond motifs is 1. The molecule has 0 saturated heterocycles. The van der Waals surface area contributed by atoms with E-state index in [4.69, 9.17) is 4.74 Å². The summed E-state index contributed by atoms with van der Waals surface area (Å²) in [5.74, 6) is 0.363. The number of hydrogen-bond donors (Lipinski definition) is 2. The van der Waals surface area contributed by atoms with E-state index in [1.165, 1.54) is 17.7 Å². The van der Waals surface area contributed by atoms with Crippen LogP contribution in [0.1, 0.15) is 47.8 Å². The Labute approximate surface area is 138 Å². The molecule has 2 atom stereocenters. The number of aryl methyl sites for hydroxylation is 1. The van der Waals surface area contributed by atoms with Gasteiger partial charge >= 0.3 is 5.97 Å². The van der Waals surface area contributed by atoms with E-state index in [1.54, 1.807) is 6.92 Å². The summed E-state index contributed by atoms with van der Waals surface area (Å²) in [5.41, 5.74) is 0.830. The van der Waals surface area contributed by atoms with Crippen LogP contribution >= 0.6 is 11.3 Å². The van der Waals surface area contributed by atoms with Crippen LogP contribution in [0.5, 0.6) is 0 Å². The van der Waals surface area contributed by atoms with Crippen LogP contribution in [-0.4, -0.2) is 39.8 Å². The average Bonchev–Trinajstić information content (AvgIpc) is 2.88. The summed E-state index contributed by atoms with van der Waals surface area (Å²) in [6.45, 7) is 4.02. The Hall–Kier alpha value is -1.73. The molecule has 0 aliphatic heterocycles. The maximum atomic E-state index is 12.1. The fraction of sp³-hybridized carbons (Fsp3) is 0.562. The van der Waals surface area contributed by atoms with E-state index in [-0.39, 0.29) is 18.1 Å². The lowest BCUT2D eigenvalue weighted by Gasteiger charge is -2.28. The summed E-state index contributed by atoms with van der Waals surface area (Å²) in [5, 5.41) is 14.4. The van der Waals surface area contributed by atoms with Crippen molar-refractivity contribution in [2.75, 3.05) is 11.9 Å². The molecule has 3 rings (SSSR count). The smallest absolute Gasteiger partial charge is 0.348 e. The molecule has 0 unspecified atom stereocenters. The second kappa shape index (κ2) is 6.80. The summed E-state index contributed by atoms with van der Waals surface area (Å²) in [6.07, 6.45) is 5.01. The van der Waals surface area contributed by atoms with Crippen LogP contribution in [0.2, 0.25) is 0 Å². The van der Waals surface area contributed by atoms with Crippen molar-refractivity contribution >= 4 is 33.3 Å². The number of anilines is 1. The number of esters is 1. The Morgan fingerprint density at radius 2 is 2.22 bits per heavy atom. The SMILES string of the molecule is CCOC(=O)c1sc2ncnc(N[C@H]3CCCC[C@@H]3O)c2c1C. The summed E-state index contributed by atoms with van der Waals surface area (Å²) in [6, 6.07) is -0.00723. The molecular weight excluding hydrogens is 314 g/mol. The number of nitrogens with one attached hydrogen (secondary N) is 1. The van der Waals surface area contributed by atoms with E-state index >= 15 is 0 Å². The second-order valence-electron chi connectivity index (χ2n) is 5.78. The monoisotopic (exact) mass is 335 g/mol. The highest BCUT2D eigenvalue weighted by molar-refractivity contribution is 7.20. The molecule has 6 nitrogen and oxygen atoms in total. The number of carbonyl (C=O) groups excluding carboxylic acids is 1. The van der Waals surface area contributed by atoms with Crippen molar-refractivity contribution in [1.82, 2.24) is 9.97 Å². The minimum atomic E-state index is -0.364. The molecule has 23 heavy (non-hydrogen) atoms. The van der Waals surface area contributed by atoms with Crippen molar-refractivity contribution < 1.29 is 14.6 Å². The predicted molar refractivity (Wildman–Crippen MR) is 90.0 cm³/mol. The highest BCUT2D eigenvalue weighted by Crippen LogP contribution is 2.34. The van der Waals surface area contributed by atoms with Gasteiger partial charge in [-0.2, -0.15) is 0 Å². The maximum Gasteiger partial charge on any atom is 0.348 e. The van der Waals surface area contributed by atoms with Crippen molar-refractivity contribution in [3.63, 3.8) is 0 Å². The van der Waals surface area contributed by atoms with E-state index < -0.39 is 0 Å². The highest BCUT2D eigenvalue weighted by Gasteiger charge is 2.25. The molecule has 0 aromatic carbocycles. The number of nitrogens with zero attached hydrogens (tertiary/aromatic N) is 2. The lowest BCUT2D eigenvalue weighted by atomic mass is 9.92. The van der Waals surface area contributed by atoms with E-state index in [0.717, 1.165) is 41.5 Å². The van der Waals surface area contributed by atoms with Crippen molar-refractivity contribution in [1.29, 1.82) is 0 Å². The van der Waals surface area contributed by atoms with E-state index in [9.17, 15) is 9.90 Å². The Morgan fingerprint density at radius 3 is 2.96 bits per heavy atom. The molecule has 0 spiro atoms. The third-order valence-corrected chi connectivity index (χ3v) is 5.42. The Balaban J connectivity index is 1.96. The van der Waals surface area contributed by atoms with Gasteiger partial charge in [-0.3, -0.25) is 0 Å². The van der Waals surface area contributed by atoms with Gasteiger partial charge in [0.05, 0.1) is 24.1 Å². The number of thiophene rings is 1. The highest BCUT2D eigenvalue weighted by atomic mass is 32.1. The number of aliphatic hydroxyl groups excluding tert-OH is 1. The third kappa shape index (κ3) is 3.16. The quantitative estimate of drug-likeness (QED) is 0.836. The number of aliphatic hydroxyl groups is 1. The molecule has 124 valence electrons. The minimum Gasteiger partial charge on any atom is -0.462 e. The van der Waals surface area contributed by atoms with E-state index in [0.29, 0.717) is 17.3 Å². The van der Waals surface area contributed by atoms with Crippen LogP contribution in [0, 0.1) is 6.92 Å². The third-order valence-electron chi connectivity index (χ3n) is 4.24. The Morgan fingerprint density at radius 1 is 1.43 bits per heavy atom. The van der Waals surface area contributed by atoms with Crippen LogP contribution in [0.3, 0.4) is 0 Å².